The van der Waals surface area contributed by atoms with Crippen LogP contribution in [-0.4, -0.2) is 28.6 Å². The number of ether oxygens (including phenoxy) is 1. The van der Waals surface area contributed by atoms with Crippen molar-refractivity contribution in [1.29, 1.82) is 0 Å². The van der Waals surface area contributed by atoms with Crippen LogP contribution in [0.25, 0.3) is 11.3 Å². The van der Waals surface area contributed by atoms with E-state index in [0.717, 1.165) is 41.2 Å². The molecule has 32 heavy (non-hydrogen) atoms. The van der Waals surface area contributed by atoms with E-state index in [9.17, 15) is 0 Å². The van der Waals surface area contributed by atoms with Crippen molar-refractivity contribution in [2.45, 2.75) is 19.5 Å². The van der Waals surface area contributed by atoms with Crippen molar-refractivity contribution in [3.05, 3.63) is 99.7 Å². The molecule has 3 aromatic carbocycles. The highest BCUT2D eigenvalue weighted by Gasteiger charge is 2.14. The molecule has 4 aromatic rings. The van der Waals surface area contributed by atoms with Crippen LogP contribution < -0.4 is 10.1 Å². The second-order valence-electron chi connectivity index (χ2n) is 7.37. The molecule has 4 rings (SSSR count). The largest absolute Gasteiger partial charge is 0.496 e. The topological polar surface area (TPSA) is 52.0 Å². The van der Waals surface area contributed by atoms with Gasteiger partial charge >= 0.3 is 0 Å². The van der Waals surface area contributed by atoms with Gasteiger partial charge in [0.1, 0.15) is 17.1 Å². The Kier molecular flexibility index (Phi) is 7.43. The number of hydrogen-bond donors (Lipinski definition) is 1. The number of methoxy groups -OCH3 is 1. The molecule has 0 amide bonds. The summed E-state index contributed by atoms with van der Waals surface area (Å²) < 4.78 is 5.44. The zero-order valence-corrected chi connectivity index (χ0v) is 19.3. The lowest BCUT2D eigenvalue weighted by molar-refractivity contribution is 0.409. The van der Waals surface area contributed by atoms with E-state index in [0.29, 0.717) is 23.1 Å². The fraction of sp³-hybridized carbons (Fsp3) is 0.200. The summed E-state index contributed by atoms with van der Waals surface area (Å²) in [6.07, 6.45) is 0.860. The Morgan fingerprint density at radius 1 is 0.906 bits per heavy atom. The fourth-order valence-electron chi connectivity index (χ4n) is 3.53. The lowest BCUT2D eigenvalue weighted by Gasteiger charge is -2.08. The summed E-state index contributed by atoms with van der Waals surface area (Å²) in [4.78, 5) is 1.69. The van der Waals surface area contributed by atoms with E-state index in [4.69, 9.17) is 38.1 Å². The molecule has 5 nitrogen and oxygen atoms in total. The van der Waals surface area contributed by atoms with Crippen LogP contribution in [0, 0.1) is 0 Å². The highest BCUT2D eigenvalue weighted by molar-refractivity contribution is 6.35. The fourth-order valence-corrected chi connectivity index (χ4v) is 4.00. The van der Waals surface area contributed by atoms with Gasteiger partial charge in [-0.1, -0.05) is 77.8 Å². The molecule has 0 aliphatic carbocycles. The number of nitrogens with zero attached hydrogens (tertiary/aromatic N) is 3. The second-order valence-corrected chi connectivity index (χ2v) is 8.21. The maximum atomic E-state index is 6.35. The molecule has 0 saturated carbocycles. The van der Waals surface area contributed by atoms with Crippen LogP contribution in [0.3, 0.4) is 0 Å². The van der Waals surface area contributed by atoms with Gasteiger partial charge in [-0.25, -0.2) is 0 Å². The Labute approximate surface area is 197 Å². The van der Waals surface area contributed by atoms with E-state index in [2.05, 4.69) is 11.4 Å². The summed E-state index contributed by atoms with van der Waals surface area (Å²) in [6, 6.07) is 23.6. The van der Waals surface area contributed by atoms with E-state index < -0.39 is 0 Å². The molecule has 0 fully saturated rings. The first-order valence-electron chi connectivity index (χ1n) is 10.4. The number of para-hydroxylation sites is 1. The lowest BCUT2D eigenvalue weighted by atomic mass is 10.1. The van der Waals surface area contributed by atoms with Gasteiger partial charge in [-0.2, -0.15) is 15.0 Å². The molecule has 1 N–H and O–H groups in total. The number of hydrogen-bond acceptors (Lipinski definition) is 4. The highest BCUT2D eigenvalue weighted by atomic mass is 35.5. The molecule has 164 valence electrons. The molecule has 1 heterocycles. The third kappa shape index (κ3) is 5.49. The quantitative estimate of drug-likeness (QED) is 0.324. The third-order valence-corrected chi connectivity index (χ3v) is 5.74. The predicted molar refractivity (Wildman–Crippen MR) is 129 cm³/mol. The molecule has 0 atom stereocenters. The van der Waals surface area contributed by atoms with Gasteiger partial charge in [-0.05, 0) is 42.3 Å². The molecule has 0 spiro atoms. The van der Waals surface area contributed by atoms with Crippen LogP contribution in [0.15, 0.2) is 72.8 Å². The number of rotatable bonds is 9. The van der Waals surface area contributed by atoms with Gasteiger partial charge < -0.3 is 10.1 Å². The minimum atomic E-state index is 0.469. The first-order valence-corrected chi connectivity index (χ1v) is 11.2. The Bertz CT molecular complexity index is 1180. The Morgan fingerprint density at radius 3 is 2.47 bits per heavy atom. The van der Waals surface area contributed by atoms with Gasteiger partial charge in [0.05, 0.1) is 13.7 Å². The van der Waals surface area contributed by atoms with Gasteiger partial charge in [0.15, 0.2) is 0 Å². The summed E-state index contributed by atoms with van der Waals surface area (Å²) in [6.45, 7) is 1.87. The van der Waals surface area contributed by atoms with Gasteiger partial charge in [-0.15, -0.1) is 0 Å². The summed E-state index contributed by atoms with van der Waals surface area (Å²) >= 11 is 12.4. The average molecular weight is 467 g/mol. The van der Waals surface area contributed by atoms with Gasteiger partial charge in [0, 0.05) is 22.2 Å². The van der Waals surface area contributed by atoms with Crippen LogP contribution >= 0.6 is 23.2 Å². The summed E-state index contributed by atoms with van der Waals surface area (Å²) in [5.41, 5.74) is 4.87. The summed E-state index contributed by atoms with van der Waals surface area (Å²) in [7, 11) is 1.70. The van der Waals surface area contributed by atoms with Crippen LogP contribution in [0.1, 0.15) is 16.8 Å². The van der Waals surface area contributed by atoms with Crippen molar-refractivity contribution < 1.29 is 4.74 Å². The van der Waals surface area contributed by atoms with Gasteiger partial charge in [-0.3, -0.25) is 0 Å². The van der Waals surface area contributed by atoms with Crippen LogP contribution in [0.4, 0.5) is 0 Å². The highest BCUT2D eigenvalue weighted by Crippen LogP contribution is 2.24. The minimum absolute atomic E-state index is 0.469. The van der Waals surface area contributed by atoms with Gasteiger partial charge in [0.25, 0.3) is 0 Å². The maximum Gasteiger partial charge on any atom is 0.122 e. The van der Waals surface area contributed by atoms with E-state index in [1.807, 2.05) is 60.7 Å². The van der Waals surface area contributed by atoms with Crippen molar-refractivity contribution in [3.8, 4) is 17.0 Å². The van der Waals surface area contributed by atoms with Crippen LogP contribution in [0.2, 0.25) is 10.0 Å². The number of benzene rings is 3. The Balaban J connectivity index is 1.49. The summed E-state index contributed by atoms with van der Waals surface area (Å²) in [5, 5.41) is 14.2. The molecule has 7 heteroatoms. The zero-order chi connectivity index (χ0) is 22.3. The normalized spacial score (nSPS) is 11.0. The van der Waals surface area contributed by atoms with Gasteiger partial charge in [0.2, 0.25) is 0 Å². The smallest absolute Gasteiger partial charge is 0.122 e. The molecule has 0 radical (unpaired) electrons. The maximum absolute atomic E-state index is 6.35. The van der Waals surface area contributed by atoms with Crippen molar-refractivity contribution in [1.82, 2.24) is 20.3 Å². The van der Waals surface area contributed by atoms with E-state index >= 15 is 0 Å². The van der Waals surface area contributed by atoms with E-state index in [1.165, 1.54) is 5.56 Å². The van der Waals surface area contributed by atoms with Crippen LogP contribution in [-0.2, 0) is 19.5 Å². The predicted octanol–water partition coefficient (Wildman–Crippen LogP) is 5.64. The standard InChI is InChI=1S/C25H24Cl2N4O/c1-32-24-10-6-5-7-18(24)13-14-28-16-23-25(19-8-3-2-4-9-19)30-31(29-23)17-20-11-12-21(26)15-22(20)27/h2-12,15,28H,13-14,16-17H2,1H3. The van der Waals surface area contributed by atoms with Crippen molar-refractivity contribution >= 4 is 23.2 Å². The minimum Gasteiger partial charge on any atom is -0.496 e. The van der Waals surface area contributed by atoms with E-state index in [-0.39, 0.29) is 0 Å². The SMILES string of the molecule is COc1ccccc1CCNCc1nn(Cc2ccc(Cl)cc2Cl)nc1-c1ccccc1. The molecule has 0 aliphatic rings. The number of aromatic nitrogens is 3. The zero-order valence-electron chi connectivity index (χ0n) is 17.8. The van der Waals surface area contributed by atoms with E-state index in [1.54, 1.807) is 18.0 Å². The molecule has 1 aromatic heterocycles. The number of halogens is 2. The van der Waals surface area contributed by atoms with Crippen molar-refractivity contribution in [3.63, 3.8) is 0 Å². The summed E-state index contributed by atoms with van der Waals surface area (Å²) in [5.74, 6) is 0.907. The second kappa shape index (κ2) is 10.6. The lowest BCUT2D eigenvalue weighted by Crippen LogP contribution is -2.18. The first kappa shape index (κ1) is 22.3. The molecule has 0 aliphatic heterocycles. The van der Waals surface area contributed by atoms with Crippen molar-refractivity contribution in [2.75, 3.05) is 13.7 Å². The van der Waals surface area contributed by atoms with Crippen molar-refractivity contribution in [2.24, 2.45) is 0 Å². The Hall–Kier alpha value is -2.86. The van der Waals surface area contributed by atoms with Crippen LogP contribution in [0.5, 0.6) is 5.75 Å². The molecular formula is C25H24Cl2N4O. The first-order chi connectivity index (χ1) is 15.6. The molecule has 0 bridgehead atoms. The molecule has 0 unspecified atom stereocenters. The third-order valence-electron chi connectivity index (χ3n) is 5.16. The molecular weight excluding hydrogens is 443 g/mol. The molecule has 0 saturated heterocycles. The number of nitrogens with one attached hydrogen (secondary N) is 1. The monoisotopic (exact) mass is 466 g/mol. The Morgan fingerprint density at radius 2 is 1.69 bits per heavy atom. The average Bonchev–Trinajstić information content (AvgIpc) is 3.22.